The Hall–Kier alpha value is -2.98. The summed E-state index contributed by atoms with van der Waals surface area (Å²) in [5.41, 5.74) is -1.36. The zero-order chi connectivity index (χ0) is 24.6. The smallest absolute Gasteiger partial charge is 0.417 e. The highest BCUT2D eigenvalue weighted by Gasteiger charge is 2.39. The molecule has 0 spiro atoms. The van der Waals surface area contributed by atoms with E-state index in [4.69, 9.17) is 4.42 Å². The monoisotopic (exact) mass is 549 g/mol. The first-order valence-electron chi connectivity index (χ1n) is 10.0. The van der Waals surface area contributed by atoms with Gasteiger partial charge >= 0.3 is 11.8 Å². The van der Waals surface area contributed by atoms with Gasteiger partial charge in [0, 0.05) is 26.5 Å². The van der Waals surface area contributed by atoms with Crippen molar-refractivity contribution in [1.82, 2.24) is 4.57 Å². The van der Waals surface area contributed by atoms with E-state index in [1.807, 2.05) is 19.9 Å². The molecule has 5 rings (SSSR count). The molecule has 1 aliphatic heterocycles. The third kappa shape index (κ3) is 3.31. The fourth-order valence-corrected chi connectivity index (χ4v) is 5.62. The second kappa shape index (κ2) is 7.51. The summed E-state index contributed by atoms with van der Waals surface area (Å²) < 4.78 is 47.9. The van der Waals surface area contributed by atoms with Gasteiger partial charge in [0.05, 0.1) is 11.3 Å². The van der Waals surface area contributed by atoms with Crippen LogP contribution in [0.25, 0.3) is 16.7 Å². The summed E-state index contributed by atoms with van der Waals surface area (Å²) in [7, 11) is 0. The molecule has 1 N–H and O–H groups in total. The number of hydrogen-bond acceptors (Lipinski definition) is 5. The maximum Gasteiger partial charge on any atom is 0.417 e. The molecule has 4 aromatic rings. The predicted molar refractivity (Wildman–Crippen MR) is 125 cm³/mol. The molecule has 1 aliphatic rings. The van der Waals surface area contributed by atoms with Gasteiger partial charge in [-0.15, -0.1) is 0 Å². The van der Waals surface area contributed by atoms with E-state index in [1.165, 1.54) is 28.8 Å². The first-order chi connectivity index (χ1) is 15.9. The molecule has 0 unspecified atom stereocenters. The molecule has 10 heteroatoms. The third-order valence-corrected chi connectivity index (χ3v) is 7.56. The number of benzene rings is 2. The number of hydrogen-bond donors (Lipinski definition) is 1. The summed E-state index contributed by atoms with van der Waals surface area (Å²) >= 11 is 3.84. The van der Waals surface area contributed by atoms with Crippen molar-refractivity contribution in [2.45, 2.75) is 35.2 Å². The van der Waals surface area contributed by atoms with Gasteiger partial charge in [-0.2, -0.15) is 13.2 Å². The van der Waals surface area contributed by atoms with Crippen LogP contribution < -0.4 is 11.2 Å². The van der Waals surface area contributed by atoms with E-state index in [0.29, 0.717) is 23.1 Å². The average molecular weight is 550 g/mol. The van der Waals surface area contributed by atoms with Crippen LogP contribution in [-0.4, -0.2) is 9.67 Å². The minimum atomic E-state index is -4.67. The quantitative estimate of drug-likeness (QED) is 0.321. The van der Waals surface area contributed by atoms with Crippen LogP contribution in [-0.2, 0) is 11.6 Å². The summed E-state index contributed by atoms with van der Waals surface area (Å²) in [6.45, 7) is 3.83. The van der Waals surface area contributed by atoms with Gasteiger partial charge in [0.1, 0.15) is 15.9 Å². The highest BCUT2D eigenvalue weighted by Crippen LogP contribution is 2.45. The molecular weight excluding hydrogens is 535 g/mol. The van der Waals surface area contributed by atoms with Crippen molar-refractivity contribution in [2.24, 2.45) is 0 Å². The van der Waals surface area contributed by atoms with Crippen LogP contribution in [0.5, 0.6) is 5.75 Å². The Kier molecular flexibility index (Phi) is 5.04. The van der Waals surface area contributed by atoms with Crippen LogP contribution in [0.2, 0.25) is 0 Å². The number of alkyl halides is 3. The lowest BCUT2D eigenvalue weighted by Gasteiger charge is -2.20. The SMILES string of the molecule is CC1(C)c2cc(Br)ccc2-n2c1cc1oc(=O)c(Sc3ccccc3C(F)(F)F)c(O)c1c2=O. The van der Waals surface area contributed by atoms with Gasteiger partial charge in [-0.1, -0.05) is 53.7 Å². The number of halogens is 4. The summed E-state index contributed by atoms with van der Waals surface area (Å²) in [4.78, 5) is 25.5. The first kappa shape index (κ1) is 22.8. The maximum atomic E-state index is 13.6. The van der Waals surface area contributed by atoms with Crippen molar-refractivity contribution in [3.63, 3.8) is 0 Å². The van der Waals surface area contributed by atoms with Gasteiger partial charge in [-0.25, -0.2) is 4.79 Å². The van der Waals surface area contributed by atoms with Crippen molar-refractivity contribution >= 4 is 38.7 Å². The number of aromatic hydroxyl groups is 1. The normalized spacial score (nSPS) is 14.3. The summed E-state index contributed by atoms with van der Waals surface area (Å²) in [5, 5.41) is 10.7. The molecule has 3 heterocycles. The maximum absolute atomic E-state index is 13.6. The van der Waals surface area contributed by atoms with E-state index in [-0.39, 0.29) is 15.9 Å². The topological polar surface area (TPSA) is 72.4 Å². The molecule has 34 heavy (non-hydrogen) atoms. The molecule has 2 aromatic carbocycles. The van der Waals surface area contributed by atoms with Gasteiger partial charge in [0.2, 0.25) is 0 Å². The van der Waals surface area contributed by atoms with Crippen molar-refractivity contribution in [1.29, 1.82) is 0 Å². The number of nitrogens with zero attached hydrogens (tertiary/aromatic N) is 1. The number of pyridine rings is 1. The Morgan fingerprint density at radius 2 is 1.79 bits per heavy atom. The van der Waals surface area contributed by atoms with Gasteiger partial charge in [0.15, 0.2) is 5.75 Å². The van der Waals surface area contributed by atoms with Crippen molar-refractivity contribution in [3.8, 4) is 11.4 Å². The summed E-state index contributed by atoms with van der Waals surface area (Å²) in [6.07, 6.45) is -4.67. The molecule has 0 fully saturated rings. The van der Waals surface area contributed by atoms with Crippen molar-refractivity contribution in [3.05, 3.63) is 90.6 Å². The van der Waals surface area contributed by atoms with E-state index >= 15 is 0 Å². The Labute approximate surface area is 203 Å². The second-order valence-corrected chi connectivity index (χ2v) is 10.3. The zero-order valence-electron chi connectivity index (χ0n) is 17.7. The molecule has 0 atom stereocenters. The van der Waals surface area contributed by atoms with Crippen LogP contribution in [0.4, 0.5) is 13.2 Å². The molecule has 174 valence electrons. The van der Waals surface area contributed by atoms with E-state index in [9.17, 15) is 27.9 Å². The standard InChI is InChI=1S/C24H15BrF3NO4S/c1-23(2)13-9-11(25)7-8-14(13)29-17(23)10-15-18(21(29)31)19(30)20(22(32)33-15)34-16-6-4-3-5-12(16)24(26,27)28/h3-10,30H,1-2H3. The van der Waals surface area contributed by atoms with Gasteiger partial charge in [-0.3, -0.25) is 9.36 Å². The highest BCUT2D eigenvalue weighted by molar-refractivity contribution is 9.10. The van der Waals surface area contributed by atoms with E-state index in [1.54, 1.807) is 12.1 Å². The van der Waals surface area contributed by atoms with Gasteiger partial charge in [0.25, 0.3) is 5.56 Å². The molecule has 0 amide bonds. The molecule has 2 aromatic heterocycles. The van der Waals surface area contributed by atoms with Gasteiger partial charge in [-0.05, 0) is 35.9 Å². The van der Waals surface area contributed by atoms with E-state index in [0.717, 1.165) is 16.1 Å². The lowest BCUT2D eigenvalue weighted by molar-refractivity contribution is -0.139. The predicted octanol–water partition coefficient (Wildman–Crippen LogP) is 6.22. The van der Waals surface area contributed by atoms with E-state index in [2.05, 4.69) is 15.9 Å². The van der Waals surface area contributed by atoms with Crippen LogP contribution >= 0.6 is 27.7 Å². The Morgan fingerprint density at radius 1 is 1.09 bits per heavy atom. The zero-order valence-corrected chi connectivity index (χ0v) is 20.1. The highest BCUT2D eigenvalue weighted by atomic mass is 79.9. The van der Waals surface area contributed by atoms with Crippen molar-refractivity contribution < 1.29 is 22.7 Å². The first-order valence-corrected chi connectivity index (χ1v) is 11.6. The molecule has 0 saturated heterocycles. The lowest BCUT2D eigenvalue weighted by Crippen LogP contribution is -2.24. The minimum Gasteiger partial charge on any atom is -0.505 e. The molecule has 0 radical (unpaired) electrons. The van der Waals surface area contributed by atoms with Crippen LogP contribution in [0, 0.1) is 0 Å². The average Bonchev–Trinajstić information content (AvgIpc) is 2.97. The minimum absolute atomic E-state index is 0.132. The van der Waals surface area contributed by atoms with Crippen molar-refractivity contribution in [2.75, 3.05) is 0 Å². The Bertz CT molecular complexity index is 1620. The number of fused-ring (bicyclic) bond motifs is 4. The third-order valence-electron chi connectivity index (χ3n) is 5.93. The summed E-state index contributed by atoms with van der Waals surface area (Å²) in [5.74, 6) is -0.711. The molecular formula is C24H15BrF3NO4S. The lowest BCUT2D eigenvalue weighted by atomic mass is 9.83. The largest absolute Gasteiger partial charge is 0.505 e. The fourth-order valence-electron chi connectivity index (χ4n) is 4.27. The molecule has 0 bridgehead atoms. The van der Waals surface area contributed by atoms with Gasteiger partial charge < -0.3 is 9.52 Å². The molecule has 0 aliphatic carbocycles. The summed E-state index contributed by atoms with van der Waals surface area (Å²) in [6, 6.07) is 11.6. The van der Waals surface area contributed by atoms with Crippen LogP contribution in [0.15, 0.2) is 76.8 Å². The molecule has 5 nitrogen and oxygen atoms in total. The molecule has 0 saturated carbocycles. The number of aromatic nitrogens is 1. The van der Waals surface area contributed by atoms with Crippen LogP contribution in [0.1, 0.15) is 30.7 Å². The van der Waals surface area contributed by atoms with Crippen LogP contribution in [0.3, 0.4) is 0 Å². The second-order valence-electron chi connectivity index (χ2n) is 8.36. The number of rotatable bonds is 2. The fraction of sp³-hybridized carbons (Fsp3) is 0.167. The van der Waals surface area contributed by atoms with E-state index < -0.39 is 39.0 Å². The Morgan fingerprint density at radius 3 is 2.50 bits per heavy atom. The Balaban J connectivity index is 1.77.